The van der Waals surface area contributed by atoms with E-state index >= 15 is 0 Å². The lowest BCUT2D eigenvalue weighted by Gasteiger charge is -2.22. The molecule has 2 aromatic heterocycles. The number of halogens is 2. The molecular weight excluding hydrogens is 701 g/mol. The molecule has 6 rings (SSSR count). The highest BCUT2D eigenvalue weighted by Gasteiger charge is 2.45. The maximum atomic E-state index is 14.0. The van der Waals surface area contributed by atoms with Crippen LogP contribution in [0.1, 0.15) is 65.5 Å². The van der Waals surface area contributed by atoms with E-state index in [4.69, 9.17) is 28.3 Å². The van der Waals surface area contributed by atoms with E-state index in [-0.39, 0.29) is 36.0 Å². The van der Waals surface area contributed by atoms with Crippen LogP contribution in [0.15, 0.2) is 72.4 Å². The van der Waals surface area contributed by atoms with Crippen LogP contribution in [0.4, 0.5) is 11.6 Å². The van der Waals surface area contributed by atoms with Crippen molar-refractivity contribution in [3.8, 4) is 11.1 Å². The van der Waals surface area contributed by atoms with Gasteiger partial charge in [-0.05, 0) is 55.5 Å². The number of hydrogen-bond donors (Lipinski definition) is 2. The van der Waals surface area contributed by atoms with E-state index in [0.29, 0.717) is 41.7 Å². The number of aliphatic hydroxyl groups excluding tert-OH is 1. The molecule has 0 spiro atoms. The number of anilines is 2. The van der Waals surface area contributed by atoms with Crippen molar-refractivity contribution >= 4 is 57.2 Å². The van der Waals surface area contributed by atoms with Crippen LogP contribution in [0.2, 0.25) is 10.0 Å². The van der Waals surface area contributed by atoms with Crippen LogP contribution in [0, 0.1) is 0 Å². The number of nitrogens with one attached hydrogen (secondary N) is 1. The monoisotopic (exact) mass is 745 g/mol. The molecule has 270 valence electrons. The van der Waals surface area contributed by atoms with Gasteiger partial charge in [-0.1, -0.05) is 75.2 Å². The molecule has 2 unspecified atom stereocenters. The van der Waals surface area contributed by atoms with E-state index < -0.39 is 16.1 Å². The molecule has 12 nitrogen and oxygen atoms in total. The van der Waals surface area contributed by atoms with Gasteiger partial charge in [0.1, 0.15) is 12.4 Å². The fourth-order valence-corrected chi connectivity index (χ4v) is 7.91. The average Bonchev–Trinajstić information content (AvgIpc) is 3.83. The Labute approximate surface area is 304 Å². The fourth-order valence-electron chi connectivity index (χ4n) is 5.56. The Kier molecular flexibility index (Phi) is 15.8. The number of carbonyl (C=O) groups excluding carboxylic acids is 2. The molecule has 2 N–H and O–H groups in total. The Morgan fingerprint density at radius 3 is 2.18 bits per heavy atom. The van der Waals surface area contributed by atoms with E-state index in [1.54, 1.807) is 30.6 Å². The molecule has 15 heteroatoms. The minimum Gasteiger partial charge on any atom is -0.396 e. The summed E-state index contributed by atoms with van der Waals surface area (Å²) in [6.45, 7) is 11.0. The third kappa shape index (κ3) is 9.46. The third-order valence-electron chi connectivity index (χ3n) is 7.77. The quantitative estimate of drug-likeness (QED) is 0.139. The minimum absolute atomic E-state index is 0.00159. The molecular formula is C35H45Cl2N7O5S. The number of imidazole rings is 1. The van der Waals surface area contributed by atoms with Gasteiger partial charge in [-0.15, -0.1) is 0 Å². The van der Waals surface area contributed by atoms with Gasteiger partial charge in [0.15, 0.2) is 5.03 Å². The van der Waals surface area contributed by atoms with Gasteiger partial charge in [0.2, 0.25) is 12.4 Å². The summed E-state index contributed by atoms with van der Waals surface area (Å²) < 4.78 is 30.6. The zero-order chi connectivity index (χ0) is 36.8. The van der Waals surface area contributed by atoms with Crippen LogP contribution in [0.3, 0.4) is 0 Å². The second-order valence-electron chi connectivity index (χ2n) is 10.9. The predicted octanol–water partition coefficient (Wildman–Crippen LogP) is 6.45. The predicted molar refractivity (Wildman–Crippen MR) is 197 cm³/mol. The van der Waals surface area contributed by atoms with Crippen molar-refractivity contribution in [2.24, 2.45) is 0 Å². The van der Waals surface area contributed by atoms with Crippen LogP contribution in [-0.2, 0) is 26.0 Å². The summed E-state index contributed by atoms with van der Waals surface area (Å²) in [4.78, 5) is 37.4. The highest BCUT2D eigenvalue weighted by atomic mass is 35.5. The molecule has 0 saturated carbocycles. The van der Waals surface area contributed by atoms with E-state index in [9.17, 15) is 18.0 Å². The van der Waals surface area contributed by atoms with Gasteiger partial charge in [0.05, 0.1) is 11.9 Å². The average molecular weight is 747 g/mol. The van der Waals surface area contributed by atoms with Crippen LogP contribution < -0.4 is 10.2 Å². The molecule has 50 heavy (non-hydrogen) atoms. The highest BCUT2D eigenvalue weighted by Crippen LogP contribution is 2.42. The summed E-state index contributed by atoms with van der Waals surface area (Å²) in [5.41, 5.74) is 3.08. The van der Waals surface area contributed by atoms with Gasteiger partial charge in [-0.25, -0.2) is 28.3 Å². The number of aliphatic hydroxyl groups is 1. The first kappa shape index (κ1) is 40.5. The molecule has 2 aromatic carbocycles. The molecule has 4 heterocycles. The van der Waals surface area contributed by atoms with E-state index in [2.05, 4.69) is 20.3 Å². The summed E-state index contributed by atoms with van der Waals surface area (Å²) in [6, 6.07) is 11.5. The van der Waals surface area contributed by atoms with Crippen molar-refractivity contribution in [3.63, 3.8) is 0 Å². The number of carbonyl (C=O) groups is 2. The van der Waals surface area contributed by atoms with Gasteiger partial charge in [0.25, 0.3) is 15.9 Å². The Morgan fingerprint density at radius 2 is 1.62 bits per heavy atom. The van der Waals surface area contributed by atoms with Crippen molar-refractivity contribution in [2.75, 3.05) is 24.6 Å². The number of rotatable bonds is 10. The first-order valence-corrected chi connectivity index (χ1v) is 18.9. The molecule has 0 aliphatic carbocycles. The Hall–Kier alpha value is -3.88. The van der Waals surface area contributed by atoms with E-state index in [1.807, 2.05) is 58.9 Å². The number of benzene rings is 2. The highest BCUT2D eigenvalue weighted by molar-refractivity contribution is 7.89. The summed E-state index contributed by atoms with van der Waals surface area (Å²) in [5.74, 6) is -0.102. The molecule has 1 fully saturated rings. The summed E-state index contributed by atoms with van der Waals surface area (Å²) >= 11 is 12.5. The van der Waals surface area contributed by atoms with Crippen molar-refractivity contribution < 1.29 is 23.1 Å². The van der Waals surface area contributed by atoms with Gasteiger partial charge in [-0.2, -0.15) is 4.31 Å². The number of sulfonamides is 1. The lowest BCUT2D eigenvalue weighted by atomic mass is 10.0. The van der Waals surface area contributed by atoms with Crippen LogP contribution in [0.25, 0.3) is 11.1 Å². The number of amides is 2. The maximum absolute atomic E-state index is 14.0. The molecule has 2 amide bonds. The molecule has 0 radical (unpaired) electrons. The van der Waals surface area contributed by atoms with Crippen LogP contribution in [-0.4, -0.2) is 75.4 Å². The van der Waals surface area contributed by atoms with Gasteiger partial charge >= 0.3 is 0 Å². The van der Waals surface area contributed by atoms with Crippen molar-refractivity contribution in [3.05, 3.63) is 83.0 Å². The SMILES string of the molecule is CC.CC.CC1CCCN1S(=O)(=O)c1cnc2n1C(Cc1ccc(-c3cncnc3)cc1)C(=O)N2c1cc(Cl)cc(Cl)c1.O=CNCCCO. The number of fused-ring (bicyclic) bond motifs is 1. The van der Waals surface area contributed by atoms with Crippen molar-refractivity contribution in [1.29, 1.82) is 0 Å². The topological polar surface area (TPSA) is 151 Å². The standard InChI is InChI=1S/C27H24Cl2N6O3S.C4H9NO2.2C2H6/c1-17-3-2-8-33(17)39(37,38)25-15-32-27-34(23-11-21(28)10-22(29)12-23)26(36)24(35(25)27)9-18-4-6-19(7-5-18)20-13-30-16-31-14-20;6-3-1-2-5-4-7;2*1-2/h4-7,10-17,24H,2-3,8-9H2,1H3;4,6H,1-3H2,(H,5,7);2*1-2H3. The lowest BCUT2D eigenvalue weighted by molar-refractivity contribution is -0.119. The van der Waals surface area contributed by atoms with Crippen LogP contribution in [0.5, 0.6) is 0 Å². The summed E-state index contributed by atoms with van der Waals surface area (Å²) in [6.07, 6.45) is 9.36. The molecule has 1 saturated heterocycles. The normalized spacial score (nSPS) is 16.6. The van der Waals surface area contributed by atoms with Gasteiger partial charge < -0.3 is 10.4 Å². The van der Waals surface area contributed by atoms with Crippen molar-refractivity contribution in [2.45, 2.75) is 77.4 Å². The zero-order valence-electron chi connectivity index (χ0n) is 29.0. The minimum atomic E-state index is -3.89. The fraction of sp³-hybridized carbons (Fsp3) is 0.400. The van der Waals surface area contributed by atoms with Crippen molar-refractivity contribution in [1.82, 2.24) is 29.1 Å². The number of aromatic nitrogens is 4. The largest absolute Gasteiger partial charge is 0.396 e. The number of nitrogens with zero attached hydrogens (tertiary/aromatic N) is 6. The second-order valence-corrected chi connectivity index (χ2v) is 13.6. The number of hydrogen-bond acceptors (Lipinski definition) is 8. The summed E-state index contributed by atoms with van der Waals surface area (Å²) in [7, 11) is -3.89. The summed E-state index contributed by atoms with van der Waals surface area (Å²) in [5, 5.41) is 11.2. The van der Waals surface area contributed by atoms with Gasteiger partial charge in [-0.3, -0.25) is 14.2 Å². The Balaban J connectivity index is 0.000000544. The Bertz CT molecular complexity index is 1770. The molecule has 4 aromatic rings. The van der Waals surface area contributed by atoms with Crippen LogP contribution >= 0.6 is 23.2 Å². The first-order valence-electron chi connectivity index (χ1n) is 16.7. The third-order valence-corrected chi connectivity index (χ3v) is 10.2. The first-order chi connectivity index (χ1) is 24.1. The van der Waals surface area contributed by atoms with Gasteiger partial charge in [0, 0.05) is 60.2 Å². The molecule has 2 aliphatic rings. The van der Waals surface area contributed by atoms with E-state index in [0.717, 1.165) is 29.5 Å². The van der Waals surface area contributed by atoms with E-state index in [1.165, 1.54) is 26.3 Å². The second kappa shape index (κ2) is 19.5. The smallest absolute Gasteiger partial charge is 0.260 e. The maximum Gasteiger partial charge on any atom is 0.260 e. The zero-order valence-corrected chi connectivity index (χ0v) is 31.3. The lowest BCUT2D eigenvalue weighted by Crippen LogP contribution is -2.35. The molecule has 0 bridgehead atoms. The molecule has 2 aliphatic heterocycles. The molecule has 2 atom stereocenters. The Morgan fingerprint density at radius 1 is 0.980 bits per heavy atom.